The zero-order valence-electron chi connectivity index (χ0n) is 15.9. The standard InChI is InChI=1S/C23H26O2/c1-22(2,3)16-12-17-20(15-10-8-7-9-11-15)19(14-24)25-21(17)18(13-16)23(4,5)6/h7-14H,1-6H3. The minimum absolute atomic E-state index is 0.0146. The molecule has 1 aromatic heterocycles. The van der Waals surface area contributed by atoms with E-state index in [9.17, 15) is 4.79 Å². The summed E-state index contributed by atoms with van der Waals surface area (Å²) in [5.41, 5.74) is 5.05. The minimum Gasteiger partial charge on any atom is -0.452 e. The van der Waals surface area contributed by atoms with Crippen LogP contribution in [-0.4, -0.2) is 6.29 Å². The van der Waals surface area contributed by atoms with Crippen molar-refractivity contribution in [2.24, 2.45) is 0 Å². The van der Waals surface area contributed by atoms with Gasteiger partial charge in [0.05, 0.1) is 0 Å². The van der Waals surface area contributed by atoms with Gasteiger partial charge in [-0.25, -0.2) is 0 Å². The average Bonchev–Trinajstić information content (AvgIpc) is 2.91. The molecule has 0 saturated carbocycles. The topological polar surface area (TPSA) is 30.2 Å². The van der Waals surface area contributed by atoms with Crippen molar-refractivity contribution in [1.29, 1.82) is 0 Å². The second-order valence-electron chi connectivity index (χ2n) is 8.73. The highest BCUT2D eigenvalue weighted by Gasteiger charge is 2.27. The number of benzene rings is 2. The highest BCUT2D eigenvalue weighted by atomic mass is 16.3. The summed E-state index contributed by atoms with van der Waals surface area (Å²) < 4.78 is 6.06. The summed E-state index contributed by atoms with van der Waals surface area (Å²) in [5, 5.41) is 1.02. The van der Waals surface area contributed by atoms with Crippen LogP contribution in [0.2, 0.25) is 0 Å². The smallest absolute Gasteiger partial charge is 0.186 e. The number of hydrogen-bond acceptors (Lipinski definition) is 2. The third-order valence-corrected chi connectivity index (χ3v) is 4.66. The zero-order chi connectivity index (χ0) is 18.4. The summed E-state index contributed by atoms with van der Waals surface area (Å²) in [5.74, 6) is 0.401. The Hall–Kier alpha value is -2.35. The summed E-state index contributed by atoms with van der Waals surface area (Å²) >= 11 is 0. The van der Waals surface area contributed by atoms with Gasteiger partial charge in [0.25, 0.3) is 0 Å². The molecule has 0 atom stereocenters. The lowest BCUT2D eigenvalue weighted by Crippen LogP contribution is -2.16. The first-order valence-electron chi connectivity index (χ1n) is 8.75. The van der Waals surface area contributed by atoms with Crippen molar-refractivity contribution >= 4 is 17.3 Å². The van der Waals surface area contributed by atoms with E-state index in [1.165, 1.54) is 5.56 Å². The van der Waals surface area contributed by atoms with Gasteiger partial charge in [0, 0.05) is 16.5 Å². The largest absolute Gasteiger partial charge is 0.452 e. The van der Waals surface area contributed by atoms with Crippen LogP contribution >= 0.6 is 0 Å². The SMILES string of the molecule is CC(C)(C)c1cc(C(C)(C)C)c2oc(C=O)c(-c3ccccc3)c2c1. The first-order valence-corrected chi connectivity index (χ1v) is 8.75. The Morgan fingerprint density at radius 1 is 0.880 bits per heavy atom. The van der Waals surface area contributed by atoms with Crippen molar-refractivity contribution in [3.8, 4) is 11.1 Å². The monoisotopic (exact) mass is 334 g/mol. The van der Waals surface area contributed by atoms with Gasteiger partial charge < -0.3 is 4.42 Å². The van der Waals surface area contributed by atoms with Crippen LogP contribution in [0.3, 0.4) is 0 Å². The van der Waals surface area contributed by atoms with Crippen molar-refractivity contribution < 1.29 is 9.21 Å². The molecule has 0 unspecified atom stereocenters. The summed E-state index contributed by atoms with van der Waals surface area (Å²) in [4.78, 5) is 11.7. The number of hydrogen-bond donors (Lipinski definition) is 0. The molecule has 3 aromatic rings. The van der Waals surface area contributed by atoms with Gasteiger partial charge in [-0.1, -0.05) is 77.9 Å². The van der Waals surface area contributed by atoms with Crippen LogP contribution in [0.4, 0.5) is 0 Å². The molecule has 1 heterocycles. The minimum atomic E-state index is -0.0779. The van der Waals surface area contributed by atoms with E-state index in [0.29, 0.717) is 5.76 Å². The van der Waals surface area contributed by atoms with Crippen LogP contribution in [-0.2, 0) is 10.8 Å². The van der Waals surface area contributed by atoms with E-state index in [2.05, 4.69) is 53.7 Å². The molecule has 0 N–H and O–H groups in total. The third-order valence-electron chi connectivity index (χ3n) is 4.66. The van der Waals surface area contributed by atoms with Crippen LogP contribution in [0.1, 0.15) is 63.2 Å². The lowest BCUT2D eigenvalue weighted by molar-refractivity contribution is 0.110. The molecule has 0 fully saturated rings. The summed E-state index contributed by atoms with van der Waals surface area (Å²) in [7, 11) is 0. The number of carbonyl (C=O) groups is 1. The van der Waals surface area contributed by atoms with E-state index in [1.807, 2.05) is 30.3 Å². The highest BCUT2D eigenvalue weighted by molar-refractivity contribution is 6.03. The Bertz CT molecular complexity index is 917. The van der Waals surface area contributed by atoms with Crippen LogP contribution in [0.25, 0.3) is 22.1 Å². The van der Waals surface area contributed by atoms with Crippen molar-refractivity contribution in [3.63, 3.8) is 0 Å². The second kappa shape index (κ2) is 5.87. The Kier molecular flexibility index (Phi) is 4.10. The quantitative estimate of drug-likeness (QED) is 0.500. The molecule has 0 aliphatic rings. The number of aldehydes is 1. The van der Waals surface area contributed by atoms with E-state index >= 15 is 0 Å². The molecule has 2 heteroatoms. The normalized spacial score (nSPS) is 12.6. The van der Waals surface area contributed by atoms with E-state index in [0.717, 1.165) is 33.9 Å². The molecule has 0 amide bonds. The first kappa shape index (κ1) is 17.5. The second-order valence-corrected chi connectivity index (χ2v) is 8.73. The van der Waals surface area contributed by atoms with Crippen LogP contribution < -0.4 is 0 Å². The van der Waals surface area contributed by atoms with Gasteiger partial charge in [0.2, 0.25) is 0 Å². The van der Waals surface area contributed by atoms with Gasteiger partial charge in [-0.3, -0.25) is 4.79 Å². The van der Waals surface area contributed by atoms with Gasteiger partial charge >= 0.3 is 0 Å². The van der Waals surface area contributed by atoms with Gasteiger partial charge in [0.1, 0.15) is 5.58 Å². The van der Waals surface area contributed by atoms with E-state index < -0.39 is 0 Å². The lowest BCUT2D eigenvalue weighted by atomic mass is 9.79. The molecule has 0 aliphatic carbocycles. The van der Waals surface area contributed by atoms with Gasteiger partial charge in [-0.05, 0) is 28.0 Å². The average molecular weight is 334 g/mol. The molecule has 130 valence electrons. The summed E-state index contributed by atoms with van der Waals surface area (Å²) in [6.45, 7) is 13.2. The molecule has 0 aliphatic heterocycles. The predicted octanol–water partition coefficient (Wildman–Crippen LogP) is 6.51. The molecular formula is C23H26O2. The van der Waals surface area contributed by atoms with Crippen LogP contribution in [0.5, 0.6) is 0 Å². The predicted molar refractivity (Wildman–Crippen MR) is 104 cm³/mol. The van der Waals surface area contributed by atoms with Crippen molar-refractivity contribution in [2.75, 3.05) is 0 Å². The summed E-state index contributed by atoms with van der Waals surface area (Å²) in [6, 6.07) is 14.4. The fourth-order valence-corrected chi connectivity index (χ4v) is 3.19. The fourth-order valence-electron chi connectivity index (χ4n) is 3.19. The Morgan fingerprint density at radius 3 is 2.04 bits per heavy atom. The van der Waals surface area contributed by atoms with Crippen LogP contribution in [0, 0.1) is 0 Å². The maximum atomic E-state index is 11.7. The molecular weight excluding hydrogens is 308 g/mol. The molecule has 2 nitrogen and oxygen atoms in total. The zero-order valence-corrected chi connectivity index (χ0v) is 15.9. The van der Waals surface area contributed by atoms with Crippen molar-refractivity contribution in [1.82, 2.24) is 0 Å². The maximum Gasteiger partial charge on any atom is 0.186 e. The lowest BCUT2D eigenvalue weighted by Gasteiger charge is -2.25. The molecule has 3 rings (SSSR count). The van der Waals surface area contributed by atoms with Gasteiger partial charge in [-0.2, -0.15) is 0 Å². The first-order chi connectivity index (χ1) is 11.6. The van der Waals surface area contributed by atoms with E-state index in [4.69, 9.17) is 4.42 Å². The van der Waals surface area contributed by atoms with Crippen molar-refractivity contribution in [3.05, 3.63) is 59.4 Å². The third kappa shape index (κ3) is 3.13. The number of furan rings is 1. The molecule has 2 aromatic carbocycles. The number of rotatable bonds is 2. The van der Waals surface area contributed by atoms with E-state index in [-0.39, 0.29) is 10.8 Å². The molecule has 25 heavy (non-hydrogen) atoms. The highest BCUT2D eigenvalue weighted by Crippen LogP contribution is 2.41. The maximum absolute atomic E-state index is 11.7. The van der Waals surface area contributed by atoms with Gasteiger partial charge in [-0.15, -0.1) is 0 Å². The Labute approximate surface area is 149 Å². The molecule has 0 bridgehead atoms. The Balaban J connectivity index is 2.47. The number of fused-ring (bicyclic) bond motifs is 1. The fraction of sp³-hybridized carbons (Fsp3) is 0.348. The Morgan fingerprint density at radius 2 is 1.52 bits per heavy atom. The molecule has 0 radical (unpaired) electrons. The molecule has 0 spiro atoms. The molecule has 0 saturated heterocycles. The van der Waals surface area contributed by atoms with Crippen LogP contribution in [0.15, 0.2) is 46.9 Å². The van der Waals surface area contributed by atoms with Gasteiger partial charge in [0.15, 0.2) is 12.0 Å². The van der Waals surface area contributed by atoms with Crippen molar-refractivity contribution in [2.45, 2.75) is 52.4 Å². The number of carbonyl (C=O) groups excluding carboxylic acids is 1. The summed E-state index contributed by atoms with van der Waals surface area (Å²) in [6.07, 6.45) is 0.825. The van der Waals surface area contributed by atoms with E-state index in [1.54, 1.807) is 0 Å².